The Bertz CT molecular complexity index is 499. The van der Waals surface area contributed by atoms with Crippen molar-refractivity contribution < 1.29 is 9.45 Å². The average molecular weight is 242 g/mol. The zero-order valence-electron chi connectivity index (χ0n) is 8.28. The quantitative estimate of drug-likeness (QED) is 0.595. The van der Waals surface area contributed by atoms with Crippen LogP contribution < -0.4 is 0 Å². The molecule has 0 amide bonds. The van der Waals surface area contributed by atoms with E-state index in [1.165, 1.54) is 12.5 Å². The molecule has 16 heavy (non-hydrogen) atoms. The highest BCUT2D eigenvalue weighted by Crippen LogP contribution is 2.24. The molecular weight excluding hydrogens is 234 g/mol. The van der Waals surface area contributed by atoms with Gasteiger partial charge in [0.25, 0.3) is 5.69 Å². The number of aromatic nitrogens is 2. The molecule has 6 nitrogen and oxygen atoms in total. The van der Waals surface area contributed by atoms with Crippen molar-refractivity contribution in [2.45, 2.75) is 6.92 Å². The van der Waals surface area contributed by atoms with Gasteiger partial charge in [-0.05, 0) is 6.92 Å². The summed E-state index contributed by atoms with van der Waals surface area (Å²) in [6.07, 6.45) is 1.18. The lowest BCUT2D eigenvalue weighted by Gasteiger charge is -1.98. The van der Waals surface area contributed by atoms with E-state index in [1.807, 2.05) is 0 Å². The number of nitro benzene ring substituents is 1. The molecule has 1 aromatic heterocycles. The topological polar surface area (TPSA) is 82.1 Å². The molecule has 1 aromatic carbocycles. The molecule has 0 aliphatic rings. The first kappa shape index (κ1) is 12.1. The molecule has 2 aromatic rings. The van der Waals surface area contributed by atoms with Crippen molar-refractivity contribution in [2.75, 3.05) is 0 Å². The summed E-state index contributed by atoms with van der Waals surface area (Å²) >= 11 is 0. The molecule has 0 aliphatic carbocycles. The van der Waals surface area contributed by atoms with Gasteiger partial charge in [-0.3, -0.25) is 10.1 Å². The van der Waals surface area contributed by atoms with E-state index in [1.54, 1.807) is 19.1 Å². The van der Waals surface area contributed by atoms with E-state index in [9.17, 15) is 10.1 Å². The lowest BCUT2D eigenvalue weighted by molar-refractivity contribution is -0.385. The van der Waals surface area contributed by atoms with Crippen molar-refractivity contribution >= 4 is 18.1 Å². The molecule has 84 valence electrons. The molecule has 0 atom stereocenters. The molecule has 0 fully saturated rings. The first-order chi connectivity index (χ1) is 7.18. The van der Waals surface area contributed by atoms with Crippen LogP contribution in [0.2, 0.25) is 0 Å². The lowest BCUT2D eigenvalue weighted by Crippen LogP contribution is -1.92. The number of nitrogens with zero attached hydrogens (tertiary/aromatic N) is 3. The second-order valence-corrected chi connectivity index (χ2v) is 3.01. The van der Waals surface area contributed by atoms with Crippen LogP contribution in [0.1, 0.15) is 5.56 Å². The molecule has 0 saturated heterocycles. The van der Waals surface area contributed by atoms with Gasteiger partial charge in [0, 0.05) is 17.2 Å². The van der Waals surface area contributed by atoms with Gasteiger partial charge in [-0.25, -0.2) is 0 Å². The smallest absolute Gasteiger partial charge is 0.273 e. The number of hydrogen-bond acceptors (Lipinski definition) is 5. The summed E-state index contributed by atoms with van der Waals surface area (Å²) in [6, 6.07) is 4.80. The van der Waals surface area contributed by atoms with Crippen molar-refractivity contribution in [3.63, 3.8) is 0 Å². The van der Waals surface area contributed by atoms with E-state index < -0.39 is 4.92 Å². The third-order valence-electron chi connectivity index (χ3n) is 2.03. The Morgan fingerprint density at radius 3 is 2.75 bits per heavy atom. The summed E-state index contributed by atoms with van der Waals surface area (Å²) in [4.78, 5) is 14.1. The second-order valence-electron chi connectivity index (χ2n) is 3.01. The number of halogens is 1. The van der Waals surface area contributed by atoms with Gasteiger partial charge in [-0.2, -0.15) is 4.98 Å². The molecular formula is C9H8ClN3O3. The average Bonchev–Trinajstić information content (AvgIpc) is 2.71. The fourth-order valence-electron chi connectivity index (χ4n) is 1.24. The van der Waals surface area contributed by atoms with Crippen LogP contribution in [0.4, 0.5) is 5.69 Å². The van der Waals surface area contributed by atoms with Crippen LogP contribution in [0.25, 0.3) is 11.4 Å². The molecule has 7 heteroatoms. The van der Waals surface area contributed by atoms with Crippen LogP contribution in [-0.2, 0) is 0 Å². The fraction of sp³-hybridized carbons (Fsp3) is 0.111. The van der Waals surface area contributed by atoms with Crippen molar-refractivity contribution in [2.24, 2.45) is 0 Å². The summed E-state index contributed by atoms with van der Waals surface area (Å²) in [7, 11) is 0. The maximum atomic E-state index is 10.7. The largest absolute Gasteiger partial charge is 0.342 e. The molecule has 0 aliphatic heterocycles. The molecule has 1 heterocycles. The Hall–Kier alpha value is -1.95. The minimum Gasteiger partial charge on any atom is -0.342 e. The van der Waals surface area contributed by atoms with E-state index in [2.05, 4.69) is 14.7 Å². The predicted octanol–water partition coefficient (Wildman–Crippen LogP) is 2.38. The summed E-state index contributed by atoms with van der Waals surface area (Å²) in [5.41, 5.74) is 1.23. The van der Waals surface area contributed by atoms with Gasteiger partial charge in [0.15, 0.2) is 0 Å². The zero-order valence-corrected chi connectivity index (χ0v) is 9.10. The molecule has 2 rings (SSSR count). The van der Waals surface area contributed by atoms with Gasteiger partial charge in [0.05, 0.1) is 4.92 Å². The highest BCUT2D eigenvalue weighted by Gasteiger charge is 2.13. The molecule has 0 N–H and O–H groups in total. The van der Waals surface area contributed by atoms with Crippen molar-refractivity contribution in [1.82, 2.24) is 10.1 Å². The van der Waals surface area contributed by atoms with E-state index in [0.717, 1.165) is 0 Å². The number of hydrogen-bond donors (Lipinski definition) is 0. The summed E-state index contributed by atoms with van der Waals surface area (Å²) in [6.45, 7) is 1.68. The number of aryl methyl sites for hydroxylation is 1. The standard InChI is InChI=1S/C9H7N3O3.ClH/c1-6-2-3-7(4-8(6)12(13)14)9-10-5-15-11-9;/h2-5H,1H3;1H. The first-order valence-electron chi connectivity index (χ1n) is 4.20. The fourth-order valence-corrected chi connectivity index (χ4v) is 1.24. The highest BCUT2D eigenvalue weighted by atomic mass is 35.5. The summed E-state index contributed by atoms with van der Waals surface area (Å²) in [5, 5.41) is 14.3. The van der Waals surface area contributed by atoms with Crippen LogP contribution in [-0.4, -0.2) is 15.1 Å². The van der Waals surface area contributed by atoms with Crippen LogP contribution in [0.3, 0.4) is 0 Å². The van der Waals surface area contributed by atoms with Gasteiger partial charge >= 0.3 is 0 Å². The molecule has 0 bridgehead atoms. The number of rotatable bonds is 2. The summed E-state index contributed by atoms with van der Waals surface area (Å²) < 4.78 is 4.57. The van der Waals surface area contributed by atoms with Crippen LogP contribution in [0, 0.1) is 17.0 Å². The number of nitro groups is 1. The highest BCUT2D eigenvalue weighted by molar-refractivity contribution is 5.85. The monoisotopic (exact) mass is 241 g/mol. The Kier molecular flexibility index (Phi) is 3.57. The summed E-state index contributed by atoms with van der Waals surface area (Å²) in [5.74, 6) is 0.345. The van der Waals surface area contributed by atoms with Gasteiger partial charge in [-0.15, -0.1) is 12.4 Å². The molecule has 0 spiro atoms. The normalized spacial score (nSPS) is 9.56. The molecule has 0 unspecified atom stereocenters. The Labute approximate surface area is 96.8 Å². The van der Waals surface area contributed by atoms with E-state index >= 15 is 0 Å². The van der Waals surface area contributed by atoms with Crippen LogP contribution >= 0.6 is 12.4 Å². The third kappa shape index (κ3) is 2.17. The Morgan fingerprint density at radius 2 is 2.19 bits per heavy atom. The molecule has 0 saturated carbocycles. The van der Waals surface area contributed by atoms with Crippen LogP contribution in [0.15, 0.2) is 29.1 Å². The predicted molar refractivity (Wildman–Crippen MR) is 58.4 cm³/mol. The Morgan fingerprint density at radius 1 is 1.44 bits per heavy atom. The minimum atomic E-state index is -0.432. The Balaban J connectivity index is 0.00000128. The van der Waals surface area contributed by atoms with Gasteiger partial charge < -0.3 is 4.52 Å². The van der Waals surface area contributed by atoms with Crippen molar-refractivity contribution in [1.29, 1.82) is 0 Å². The minimum absolute atomic E-state index is 0. The lowest BCUT2D eigenvalue weighted by atomic mass is 10.1. The first-order valence-corrected chi connectivity index (χ1v) is 4.20. The van der Waals surface area contributed by atoms with Gasteiger partial charge in [0.2, 0.25) is 12.2 Å². The van der Waals surface area contributed by atoms with Gasteiger partial charge in [-0.1, -0.05) is 17.3 Å². The maximum absolute atomic E-state index is 10.7. The van der Waals surface area contributed by atoms with Crippen LogP contribution in [0.5, 0.6) is 0 Å². The van der Waals surface area contributed by atoms with Crippen molar-refractivity contribution in [3.05, 3.63) is 40.3 Å². The third-order valence-corrected chi connectivity index (χ3v) is 2.03. The molecule has 0 radical (unpaired) electrons. The second kappa shape index (κ2) is 4.71. The zero-order chi connectivity index (χ0) is 10.8. The van der Waals surface area contributed by atoms with E-state index in [4.69, 9.17) is 0 Å². The van der Waals surface area contributed by atoms with E-state index in [0.29, 0.717) is 17.0 Å². The van der Waals surface area contributed by atoms with Gasteiger partial charge in [0.1, 0.15) is 0 Å². The van der Waals surface area contributed by atoms with E-state index in [-0.39, 0.29) is 18.1 Å². The SMILES string of the molecule is Cc1ccc(-c2ncon2)cc1[N+](=O)[O-].Cl. The maximum Gasteiger partial charge on any atom is 0.273 e. The number of benzene rings is 1. The van der Waals surface area contributed by atoms with Crippen molar-refractivity contribution in [3.8, 4) is 11.4 Å².